The molecule has 2 aliphatic carbocycles. The van der Waals surface area contributed by atoms with Crippen molar-refractivity contribution in [3.8, 4) is 0 Å². The van der Waals surface area contributed by atoms with Gasteiger partial charge >= 0.3 is 0 Å². The van der Waals surface area contributed by atoms with Crippen LogP contribution in [0.5, 0.6) is 0 Å². The number of rotatable bonds is 6. The van der Waals surface area contributed by atoms with E-state index in [1.54, 1.807) is 10.4 Å². The molecule has 0 radical (unpaired) electrons. The predicted molar refractivity (Wildman–Crippen MR) is 105 cm³/mol. The Morgan fingerprint density at radius 1 is 1.14 bits per heavy atom. The second-order valence-electron chi connectivity index (χ2n) is 8.59. The second-order valence-corrected chi connectivity index (χ2v) is 10.2. The fourth-order valence-electron chi connectivity index (χ4n) is 4.60. The number of fused-ring (bicyclic) bond motifs is 2. The molecule has 2 unspecified atom stereocenters. The first-order chi connectivity index (χ1) is 14.0. The molecular formula is C19H27N5O4S. The molecule has 1 aromatic rings. The Morgan fingerprint density at radius 2 is 1.86 bits per heavy atom. The van der Waals surface area contributed by atoms with E-state index in [0.717, 1.165) is 25.0 Å². The molecule has 3 heterocycles. The molecule has 9 nitrogen and oxygen atoms in total. The highest BCUT2D eigenvalue weighted by atomic mass is 32.2. The van der Waals surface area contributed by atoms with Crippen molar-refractivity contribution in [2.75, 3.05) is 13.1 Å². The molecule has 1 saturated carbocycles. The zero-order chi connectivity index (χ0) is 20.0. The van der Waals surface area contributed by atoms with Crippen molar-refractivity contribution in [2.24, 2.45) is 0 Å². The molecule has 4 atom stereocenters. The van der Waals surface area contributed by atoms with Crippen molar-refractivity contribution in [3.05, 3.63) is 29.7 Å². The Kier molecular flexibility index (Phi) is 4.97. The summed E-state index contributed by atoms with van der Waals surface area (Å²) in [6, 6.07) is 1.41. The highest BCUT2D eigenvalue weighted by Crippen LogP contribution is 2.40. The third kappa shape index (κ3) is 3.98. The summed E-state index contributed by atoms with van der Waals surface area (Å²) in [5.41, 5.74) is 0.290. The van der Waals surface area contributed by atoms with Crippen molar-refractivity contribution in [3.63, 3.8) is 0 Å². The number of hydrogen-bond donors (Lipinski definition) is 3. The summed E-state index contributed by atoms with van der Waals surface area (Å²) in [6.45, 7) is 1.42. The Labute approximate surface area is 170 Å². The van der Waals surface area contributed by atoms with Gasteiger partial charge < -0.3 is 15.2 Å². The molecule has 0 spiro atoms. The van der Waals surface area contributed by atoms with Gasteiger partial charge in [0.1, 0.15) is 5.76 Å². The standard InChI is InChI=1S/C19H27N5O4S/c25-19(17-9-18(28-22-17)12-5-6-12)21-13-3-1-2-4-14(7-13)23-29(26,27)24-15-8-16(24)11-20-10-15/h1-2,9,12-16,20,23H,3-8,10-11H2,(H,21,25)/t13-,14-,15?,16?/m0/s1. The van der Waals surface area contributed by atoms with Crippen molar-refractivity contribution in [1.82, 2.24) is 24.8 Å². The zero-order valence-electron chi connectivity index (χ0n) is 16.2. The minimum absolute atomic E-state index is 0.0518. The quantitative estimate of drug-likeness (QED) is 0.581. The normalized spacial score (nSPS) is 32.4. The average Bonchev–Trinajstić information content (AvgIpc) is 3.44. The van der Waals surface area contributed by atoms with Crippen LogP contribution in [0.2, 0.25) is 0 Å². The van der Waals surface area contributed by atoms with Gasteiger partial charge in [-0.05, 0) is 38.5 Å². The van der Waals surface area contributed by atoms with Crippen molar-refractivity contribution < 1.29 is 17.7 Å². The van der Waals surface area contributed by atoms with E-state index in [9.17, 15) is 13.2 Å². The maximum absolute atomic E-state index is 12.9. The molecule has 4 aliphatic rings. The molecule has 2 saturated heterocycles. The van der Waals surface area contributed by atoms with E-state index >= 15 is 0 Å². The molecule has 10 heteroatoms. The third-order valence-electron chi connectivity index (χ3n) is 6.27. The minimum atomic E-state index is -3.53. The van der Waals surface area contributed by atoms with Crippen LogP contribution in [0.3, 0.4) is 0 Å². The number of aromatic nitrogens is 1. The van der Waals surface area contributed by atoms with Crippen LogP contribution < -0.4 is 15.4 Å². The van der Waals surface area contributed by atoms with Gasteiger partial charge in [-0.2, -0.15) is 17.4 Å². The number of hydrogen-bond acceptors (Lipinski definition) is 6. The number of piperazine rings is 1. The zero-order valence-corrected chi connectivity index (χ0v) is 17.0. The maximum Gasteiger partial charge on any atom is 0.280 e. The van der Waals surface area contributed by atoms with Gasteiger partial charge in [0.15, 0.2) is 5.69 Å². The van der Waals surface area contributed by atoms with Crippen molar-refractivity contribution >= 4 is 16.1 Å². The van der Waals surface area contributed by atoms with Gasteiger partial charge in [0.2, 0.25) is 0 Å². The fourth-order valence-corrected chi connectivity index (χ4v) is 6.44. The fraction of sp³-hybridized carbons (Fsp3) is 0.684. The summed E-state index contributed by atoms with van der Waals surface area (Å²) in [6.07, 6.45) is 8.89. The number of nitrogens with zero attached hydrogens (tertiary/aromatic N) is 2. The van der Waals surface area contributed by atoms with E-state index < -0.39 is 10.2 Å². The smallest absolute Gasteiger partial charge is 0.280 e. The van der Waals surface area contributed by atoms with E-state index in [0.29, 0.717) is 38.3 Å². The van der Waals surface area contributed by atoms with E-state index in [-0.39, 0.29) is 35.8 Å². The first-order valence-electron chi connectivity index (χ1n) is 10.4. The lowest BCUT2D eigenvalue weighted by Gasteiger charge is -2.51. The summed E-state index contributed by atoms with van der Waals surface area (Å²) < 4.78 is 35.5. The highest BCUT2D eigenvalue weighted by Gasteiger charge is 2.48. The summed E-state index contributed by atoms with van der Waals surface area (Å²) in [5.74, 6) is 0.905. The van der Waals surface area contributed by atoms with Gasteiger partial charge in [-0.1, -0.05) is 17.3 Å². The van der Waals surface area contributed by atoms with Crippen LogP contribution in [0, 0.1) is 0 Å². The number of amides is 1. The predicted octanol–water partition coefficient (Wildman–Crippen LogP) is 0.640. The number of piperidine rings is 1. The van der Waals surface area contributed by atoms with E-state index in [1.807, 2.05) is 12.2 Å². The van der Waals surface area contributed by atoms with Crippen molar-refractivity contribution in [2.45, 2.75) is 68.6 Å². The van der Waals surface area contributed by atoms with Gasteiger partial charge in [-0.25, -0.2) is 0 Å². The molecule has 2 aliphatic heterocycles. The van der Waals surface area contributed by atoms with E-state index in [4.69, 9.17) is 4.52 Å². The second kappa shape index (κ2) is 7.50. The van der Waals surface area contributed by atoms with Crippen molar-refractivity contribution in [1.29, 1.82) is 0 Å². The van der Waals surface area contributed by atoms with Crippen LogP contribution in [-0.4, -0.2) is 61.0 Å². The number of carbonyl (C=O) groups is 1. The Morgan fingerprint density at radius 3 is 2.55 bits per heavy atom. The molecule has 5 rings (SSSR count). The first-order valence-corrected chi connectivity index (χ1v) is 11.9. The van der Waals surface area contributed by atoms with Gasteiger partial charge in [0.25, 0.3) is 16.1 Å². The molecular weight excluding hydrogens is 394 g/mol. The molecule has 1 aromatic heterocycles. The van der Waals surface area contributed by atoms with Gasteiger partial charge in [-0.3, -0.25) is 4.79 Å². The summed E-state index contributed by atoms with van der Waals surface area (Å²) in [4.78, 5) is 12.6. The monoisotopic (exact) mass is 421 g/mol. The molecule has 2 bridgehead atoms. The largest absolute Gasteiger partial charge is 0.360 e. The van der Waals surface area contributed by atoms with Crippen LogP contribution in [0.4, 0.5) is 0 Å². The molecule has 3 N–H and O–H groups in total. The maximum atomic E-state index is 12.9. The molecule has 0 aromatic carbocycles. The summed E-state index contributed by atoms with van der Waals surface area (Å²) in [7, 11) is -3.53. The van der Waals surface area contributed by atoms with Gasteiger partial charge in [0, 0.05) is 49.2 Å². The topological polar surface area (TPSA) is 117 Å². The Balaban J connectivity index is 1.20. The van der Waals surface area contributed by atoms with Crippen LogP contribution in [0.1, 0.15) is 60.7 Å². The highest BCUT2D eigenvalue weighted by molar-refractivity contribution is 7.87. The molecule has 158 valence electrons. The SMILES string of the molecule is O=C(N[C@H]1CC=CC[C@H](NS(=O)(=O)N2C3CNCC2C3)C1)c1cc(C2CC2)on1. The van der Waals surface area contributed by atoms with E-state index in [2.05, 4.69) is 20.5 Å². The Hall–Kier alpha value is -1.75. The lowest BCUT2D eigenvalue weighted by atomic mass is 9.93. The van der Waals surface area contributed by atoms with Gasteiger partial charge in [-0.15, -0.1) is 0 Å². The van der Waals surface area contributed by atoms with Crippen LogP contribution in [-0.2, 0) is 10.2 Å². The Bertz CT molecular complexity index is 895. The molecule has 3 fully saturated rings. The number of nitrogens with one attached hydrogen (secondary N) is 3. The summed E-state index contributed by atoms with van der Waals surface area (Å²) in [5, 5.41) is 10.1. The first kappa shape index (κ1) is 19.2. The van der Waals surface area contributed by atoms with Crippen LogP contribution in [0.15, 0.2) is 22.7 Å². The minimum Gasteiger partial charge on any atom is -0.360 e. The van der Waals surface area contributed by atoms with Gasteiger partial charge in [0.05, 0.1) is 0 Å². The summed E-state index contributed by atoms with van der Waals surface area (Å²) >= 11 is 0. The number of carbonyl (C=O) groups excluding carboxylic acids is 1. The van der Waals surface area contributed by atoms with Crippen LogP contribution in [0.25, 0.3) is 0 Å². The molecule has 1 amide bonds. The molecule has 29 heavy (non-hydrogen) atoms. The van der Waals surface area contributed by atoms with E-state index in [1.165, 1.54) is 0 Å². The lowest BCUT2D eigenvalue weighted by molar-refractivity contribution is 0.0692. The lowest BCUT2D eigenvalue weighted by Crippen LogP contribution is -2.71. The third-order valence-corrected chi connectivity index (χ3v) is 8.05. The average molecular weight is 422 g/mol. The van der Waals surface area contributed by atoms with Crippen LogP contribution >= 0.6 is 0 Å².